The molecule has 0 heterocycles. The molecule has 1 amide bonds. The van der Waals surface area contributed by atoms with Crippen molar-refractivity contribution in [1.29, 1.82) is 0 Å². The third-order valence-electron chi connectivity index (χ3n) is 2.24. The summed E-state index contributed by atoms with van der Waals surface area (Å²) in [6.45, 7) is 4.87. The van der Waals surface area contributed by atoms with E-state index in [1.807, 2.05) is 14.1 Å². The number of nitrogens with zero attached hydrogens (tertiary/aromatic N) is 1. The molecule has 0 fully saturated rings. The molecule has 0 aromatic rings. The summed E-state index contributed by atoms with van der Waals surface area (Å²) in [4.78, 5) is 21.4. The second-order valence-electron chi connectivity index (χ2n) is 4.41. The summed E-state index contributed by atoms with van der Waals surface area (Å²) >= 11 is 0. The maximum atomic E-state index is 10.8. The van der Waals surface area contributed by atoms with Gasteiger partial charge >= 0.3 is 5.97 Å². The van der Waals surface area contributed by atoms with E-state index in [0.717, 1.165) is 19.4 Å². The van der Waals surface area contributed by atoms with Gasteiger partial charge in [-0.05, 0) is 18.9 Å². The number of unbranched alkanes of at least 4 members (excludes halogenated alkanes) is 1. The smallest absolute Gasteiger partial charge is 0.359 e. The van der Waals surface area contributed by atoms with Crippen LogP contribution in [0.3, 0.4) is 0 Å². The number of likely N-dealkylation sites (N-methyl/N-ethyl adjacent to an activating group) is 1. The SMILES string of the molecule is C=CC(=O)NCCCC[N+](C)(C)CC(=O)O. The molecular weight excluding hydrogens is 208 g/mol. The minimum Gasteiger partial charge on any atom is -0.477 e. The molecule has 16 heavy (non-hydrogen) atoms. The Morgan fingerprint density at radius 3 is 2.50 bits per heavy atom. The Labute approximate surface area is 96.3 Å². The molecule has 0 radical (unpaired) electrons. The van der Waals surface area contributed by atoms with Gasteiger partial charge in [-0.25, -0.2) is 4.79 Å². The Hall–Kier alpha value is -1.36. The van der Waals surface area contributed by atoms with Gasteiger partial charge in [-0.15, -0.1) is 0 Å². The minimum absolute atomic E-state index is 0.124. The predicted molar refractivity (Wildman–Crippen MR) is 61.9 cm³/mol. The van der Waals surface area contributed by atoms with Crippen molar-refractivity contribution in [3.05, 3.63) is 12.7 Å². The summed E-state index contributed by atoms with van der Waals surface area (Å²) in [6, 6.07) is 0. The summed E-state index contributed by atoms with van der Waals surface area (Å²) < 4.78 is 0.463. The highest BCUT2D eigenvalue weighted by Gasteiger charge is 2.18. The number of carboxylic acids is 1. The second-order valence-corrected chi connectivity index (χ2v) is 4.41. The first kappa shape index (κ1) is 14.6. The largest absolute Gasteiger partial charge is 0.477 e. The maximum Gasteiger partial charge on any atom is 0.359 e. The van der Waals surface area contributed by atoms with Crippen LogP contribution in [0.5, 0.6) is 0 Å². The normalized spacial score (nSPS) is 10.9. The van der Waals surface area contributed by atoms with Crippen molar-refractivity contribution in [2.75, 3.05) is 33.7 Å². The first-order chi connectivity index (χ1) is 7.37. The van der Waals surface area contributed by atoms with E-state index in [2.05, 4.69) is 11.9 Å². The molecule has 2 N–H and O–H groups in total. The zero-order valence-corrected chi connectivity index (χ0v) is 10.0. The van der Waals surface area contributed by atoms with E-state index in [1.165, 1.54) is 6.08 Å². The van der Waals surface area contributed by atoms with E-state index in [4.69, 9.17) is 5.11 Å². The summed E-state index contributed by atoms with van der Waals surface area (Å²) in [5.74, 6) is -0.954. The molecule has 0 unspecified atom stereocenters. The third-order valence-corrected chi connectivity index (χ3v) is 2.24. The molecule has 0 rings (SSSR count). The third kappa shape index (κ3) is 7.99. The minimum atomic E-state index is -0.787. The van der Waals surface area contributed by atoms with Crippen LogP contribution in [0.2, 0.25) is 0 Å². The van der Waals surface area contributed by atoms with Gasteiger partial charge in [0.2, 0.25) is 5.91 Å². The van der Waals surface area contributed by atoms with Crippen LogP contribution in [0.4, 0.5) is 0 Å². The number of nitrogens with one attached hydrogen (secondary N) is 1. The van der Waals surface area contributed by atoms with Gasteiger partial charge in [0.25, 0.3) is 0 Å². The number of aliphatic carboxylic acids is 1. The number of quaternary nitrogens is 1. The summed E-state index contributed by atoms with van der Waals surface area (Å²) in [5.41, 5.74) is 0. The number of amides is 1. The highest BCUT2D eigenvalue weighted by Crippen LogP contribution is 2.00. The average Bonchev–Trinajstić information content (AvgIpc) is 2.14. The van der Waals surface area contributed by atoms with Crippen LogP contribution >= 0.6 is 0 Å². The Morgan fingerprint density at radius 1 is 1.38 bits per heavy atom. The zero-order valence-electron chi connectivity index (χ0n) is 10.0. The summed E-state index contributed by atoms with van der Waals surface area (Å²) in [6.07, 6.45) is 2.98. The molecule has 0 aromatic heterocycles. The lowest BCUT2D eigenvalue weighted by Crippen LogP contribution is -2.44. The molecule has 0 aliphatic rings. The van der Waals surface area contributed by atoms with Gasteiger partial charge in [-0.2, -0.15) is 0 Å². The summed E-state index contributed by atoms with van der Waals surface area (Å²) in [5, 5.41) is 11.4. The topological polar surface area (TPSA) is 66.4 Å². The Balaban J connectivity index is 3.61. The van der Waals surface area contributed by atoms with E-state index in [0.29, 0.717) is 11.0 Å². The standard InChI is InChI=1S/C11H20N2O3/c1-4-10(14)12-7-5-6-8-13(2,3)9-11(15)16/h4H,1,5-9H2,2-3H3,(H-,12,14,15,16)/p+1. The van der Waals surface area contributed by atoms with Crippen LogP contribution in [-0.2, 0) is 9.59 Å². The van der Waals surface area contributed by atoms with Crippen molar-refractivity contribution >= 4 is 11.9 Å². The van der Waals surface area contributed by atoms with Crippen molar-refractivity contribution < 1.29 is 19.2 Å². The van der Waals surface area contributed by atoms with Crippen LogP contribution in [0.15, 0.2) is 12.7 Å². The molecule has 0 aromatic carbocycles. The van der Waals surface area contributed by atoms with Crippen LogP contribution in [-0.4, -0.2) is 55.2 Å². The molecule has 0 aliphatic carbocycles. The fourth-order valence-corrected chi connectivity index (χ4v) is 1.39. The van der Waals surface area contributed by atoms with Gasteiger partial charge in [0, 0.05) is 6.54 Å². The van der Waals surface area contributed by atoms with E-state index in [-0.39, 0.29) is 12.5 Å². The quantitative estimate of drug-likeness (QED) is 0.356. The number of hydrogen-bond donors (Lipinski definition) is 2. The number of carbonyl (C=O) groups is 2. The van der Waals surface area contributed by atoms with Gasteiger partial charge in [0.15, 0.2) is 6.54 Å². The van der Waals surface area contributed by atoms with Crippen molar-refractivity contribution in [1.82, 2.24) is 5.32 Å². The molecule has 0 spiro atoms. The van der Waals surface area contributed by atoms with Gasteiger partial charge in [0.1, 0.15) is 0 Å². The molecule has 0 saturated heterocycles. The lowest BCUT2D eigenvalue weighted by Gasteiger charge is -2.27. The highest BCUT2D eigenvalue weighted by molar-refractivity contribution is 5.86. The van der Waals surface area contributed by atoms with E-state index >= 15 is 0 Å². The number of rotatable bonds is 8. The number of hydrogen-bond acceptors (Lipinski definition) is 2. The fraction of sp³-hybridized carbons (Fsp3) is 0.636. The molecule has 5 nitrogen and oxygen atoms in total. The molecule has 92 valence electrons. The Morgan fingerprint density at radius 2 is 2.00 bits per heavy atom. The maximum absolute atomic E-state index is 10.8. The van der Waals surface area contributed by atoms with Gasteiger partial charge in [0.05, 0.1) is 20.6 Å². The van der Waals surface area contributed by atoms with Gasteiger partial charge in [-0.1, -0.05) is 6.58 Å². The lowest BCUT2D eigenvalue weighted by molar-refractivity contribution is -0.883. The van der Waals surface area contributed by atoms with E-state index in [9.17, 15) is 9.59 Å². The van der Waals surface area contributed by atoms with Crippen molar-refractivity contribution in [2.24, 2.45) is 0 Å². The highest BCUT2D eigenvalue weighted by atomic mass is 16.4. The van der Waals surface area contributed by atoms with E-state index < -0.39 is 5.97 Å². The fourth-order valence-electron chi connectivity index (χ4n) is 1.39. The van der Waals surface area contributed by atoms with Gasteiger partial charge in [-0.3, -0.25) is 4.79 Å². The summed E-state index contributed by atoms with van der Waals surface area (Å²) in [7, 11) is 3.77. The van der Waals surface area contributed by atoms with Crippen molar-refractivity contribution in [3.8, 4) is 0 Å². The molecule has 0 atom stereocenters. The van der Waals surface area contributed by atoms with E-state index in [1.54, 1.807) is 0 Å². The van der Waals surface area contributed by atoms with Crippen molar-refractivity contribution in [3.63, 3.8) is 0 Å². The van der Waals surface area contributed by atoms with Crippen LogP contribution in [0.1, 0.15) is 12.8 Å². The first-order valence-corrected chi connectivity index (χ1v) is 5.31. The second kappa shape index (κ2) is 7.00. The van der Waals surface area contributed by atoms with Gasteiger partial charge < -0.3 is 14.9 Å². The molecule has 0 bridgehead atoms. The predicted octanol–water partition coefficient (Wildman–Crippen LogP) is 0.230. The number of carboxylic acid groups (broad SMARTS) is 1. The first-order valence-electron chi connectivity index (χ1n) is 5.31. The Bertz CT molecular complexity index is 262. The van der Waals surface area contributed by atoms with Crippen LogP contribution < -0.4 is 5.32 Å². The average molecular weight is 229 g/mol. The lowest BCUT2D eigenvalue weighted by atomic mass is 10.2. The zero-order chi connectivity index (χ0) is 12.6. The molecule has 0 aliphatic heterocycles. The van der Waals surface area contributed by atoms with Crippen molar-refractivity contribution in [2.45, 2.75) is 12.8 Å². The van der Waals surface area contributed by atoms with Crippen LogP contribution in [0, 0.1) is 0 Å². The molecular formula is C11H21N2O3+. The molecule has 5 heteroatoms. The Kier molecular flexibility index (Phi) is 6.41. The molecule has 0 saturated carbocycles. The monoisotopic (exact) mass is 229 g/mol. The number of carbonyl (C=O) groups excluding carboxylic acids is 1. The van der Waals surface area contributed by atoms with Crippen LogP contribution in [0.25, 0.3) is 0 Å².